The molecule has 1 aromatic heterocycles. The number of aliphatic carboxylic acids is 1. The third-order valence-corrected chi connectivity index (χ3v) is 4.43. The van der Waals surface area contributed by atoms with E-state index < -0.39 is 5.97 Å². The van der Waals surface area contributed by atoms with Crippen LogP contribution in [0.3, 0.4) is 0 Å². The van der Waals surface area contributed by atoms with Crippen LogP contribution in [0.15, 0.2) is 10.8 Å². The van der Waals surface area contributed by atoms with Gasteiger partial charge in [-0.1, -0.05) is 0 Å². The Morgan fingerprint density at radius 1 is 1.44 bits per heavy atom. The number of hydrogen-bond acceptors (Lipinski definition) is 3. The number of hydrogen-bond donors (Lipinski definition) is 1. The van der Waals surface area contributed by atoms with Gasteiger partial charge in [0.2, 0.25) is 0 Å². The number of carbonyl (C=O) groups excluding carboxylic acids is 1. The first-order valence-corrected chi connectivity index (χ1v) is 7.01. The Hall–Kier alpha value is -1.36. The number of likely N-dealkylation sites (tertiary alicyclic amines) is 1. The summed E-state index contributed by atoms with van der Waals surface area (Å²) in [5, 5.41) is 12.8. The molecule has 2 unspecified atom stereocenters. The second-order valence-electron chi connectivity index (χ2n) is 4.88. The van der Waals surface area contributed by atoms with Gasteiger partial charge in [0.05, 0.1) is 11.5 Å². The minimum Gasteiger partial charge on any atom is -0.481 e. The van der Waals surface area contributed by atoms with Gasteiger partial charge in [0.1, 0.15) is 0 Å². The molecule has 5 heteroatoms. The van der Waals surface area contributed by atoms with Gasteiger partial charge in [-0.2, -0.15) is 11.3 Å². The fraction of sp³-hybridized carbons (Fsp3) is 0.538. The van der Waals surface area contributed by atoms with Crippen molar-refractivity contribution in [2.24, 2.45) is 5.92 Å². The molecule has 1 N–H and O–H groups in total. The molecule has 1 fully saturated rings. The van der Waals surface area contributed by atoms with Crippen LogP contribution >= 0.6 is 11.3 Å². The fourth-order valence-electron chi connectivity index (χ4n) is 2.43. The maximum atomic E-state index is 12.4. The second kappa shape index (κ2) is 5.10. The van der Waals surface area contributed by atoms with Crippen molar-refractivity contribution < 1.29 is 14.7 Å². The Balaban J connectivity index is 2.10. The van der Waals surface area contributed by atoms with E-state index in [1.165, 1.54) is 11.3 Å². The second-order valence-corrected chi connectivity index (χ2v) is 5.62. The van der Waals surface area contributed by atoms with Crippen molar-refractivity contribution in [3.63, 3.8) is 0 Å². The third-order valence-electron chi connectivity index (χ3n) is 3.57. The molecule has 1 amide bonds. The average molecular weight is 267 g/mol. The Morgan fingerprint density at radius 2 is 2.17 bits per heavy atom. The maximum absolute atomic E-state index is 12.4. The summed E-state index contributed by atoms with van der Waals surface area (Å²) < 4.78 is 0. The van der Waals surface area contributed by atoms with Crippen molar-refractivity contribution in [2.75, 3.05) is 6.54 Å². The molecular formula is C13H17NO3S. The van der Waals surface area contributed by atoms with E-state index in [4.69, 9.17) is 5.11 Å². The molecule has 0 aromatic carbocycles. The maximum Gasteiger partial charge on any atom is 0.306 e. The van der Waals surface area contributed by atoms with Gasteiger partial charge in [-0.15, -0.1) is 0 Å². The first-order valence-electron chi connectivity index (χ1n) is 6.07. The van der Waals surface area contributed by atoms with Gasteiger partial charge in [-0.25, -0.2) is 0 Å². The highest BCUT2D eigenvalue weighted by molar-refractivity contribution is 7.08. The summed E-state index contributed by atoms with van der Waals surface area (Å²) in [6.45, 7) is 4.39. The van der Waals surface area contributed by atoms with Gasteiger partial charge in [0, 0.05) is 18.0 Å². The zero-order valence-electron chi connectivity index (χ0n) is 10.5. The van der Waals surface area contributed by atoms with Crippen LogP contribution in [0.2, 0.25) is 0 Å². The molecule has 4 nitrogen and oxygen atoms in total. The third kappa shape index (κ3) is 2.41. The molecule has 2 rings (SSSR count). The molecular weight excluding hydrogens is 250 g/mol. The summed E-state index contributed by atoms with van der Waals surface area (Å²) in [6.07, 6.45) is 1.10. The summed E-state index contributed by atoms with van der Waals surface area (Å²) in [4.78, 5) is 25.1. The van der Waals surface area contributed by atoms with Gasteiger partial charge in [-0.3, -0.25) is 9.59 Å². The zero-order valence-corrected chi connectivity index (χ0v) is 11.4. The van der Waals surface area contributed by atoms with E-state index in [-0.39, 0.29) is 17.9 Å². The lowest BCUT2D eigenvalue weighted by Gasteiger charge is -2.36. The first-order chi connectivity index (χ1) is 8.50. The first kappa shape index (κ1) is 13.1. The van der Waals surface area contributed by atoms with E-state index in [9.17, 15) is 9.59 Å². The Labute approximate surface area is 110 Å². The van der Waals surface area contributed by atoms with E-state index in [2.05, 4.69) is 0 Å². The van der Waals surface area contributed by atoms with Gasteiger partial charge in [-0.05, 0) is 37.6 Å². The van der Waals surface area contributed by atoms with Crippen LogP contribution in [0.1, 0.15) is 35.7 Å². The quantitative estimate of drug-likeness (QED) is 0.895. The van der Waals surface area contributed by atoms with Crippen LogP contribution in [0, 0.1) is 12.8 Å². The molecule has 2 atom stereocenters. The zero-order chi connectivity index (χ0) is 13.3. The number of thiophene rings is 1. The molecule has 1 aromatic rings. The van der Waals surface area contributed by atoms with Crippen molar-refractivity contribution in [3.8, 4) is 0 Å². The Bertz CT molecular complexity index is 469. The predicted octanol–water partition coefficient (Wildman–Crippen LogP) is 2.38. The highest BCUT2D eigenvalue weighted by Crippen LogP contribution is 2.26. The van der Waals surface area contributed by atoms with Crippen molar-refractivity contribution in [2.45, 2.75) is 32.7 Å². The number of aryl methyl sites for hydroxylation is 1. The molecule has 98 valence electrons. The van der Waals surface area contributed by atoms with Crippen LogP contribution in [-0.4, -0.2) is 34.5 Å². The summed E-state index contributed by atoms with van der Waals surface area (Å²) >= 11 is 1.52. The van der Waals surface area contributed by atoms with Crippen molar-refractivity contribution in [1.82, 2.24) is 4.90 Å². The van der Waals surface area contributed by atoms with Crippen molar-refractivity contribution >= 4 is 23.2 Å². The van der Waals surface area contributed by atoms with Gasteiger partial charge in [0.25, 0.3) is 5.91 Å². The molecule has 2 heterocycles. The molecule has 18 heavy (non-hydrogen) atoms. The number of carbonyl (C=O) groups is 2. The minimum atomic E-state index is -0.749. The fourth-order valence-corrected chi connectivity index (χ4v) is 3.25. The normalized spacial score (nSPS) is 24.0. The Kier molecular flexibility index (Phi) is 3.71. The smallest absolute Gasteiger partial charge is 0.306 e. The van der Waals surface area contributed by atoms with E-state index in [0.717, 1.165) is 11.1 Å². The molecule has 1 aliphatic rings. The number of carboxylic acids is 1. The SMILES string of the molecule is Cc1cscc1C(=O)N1CCC(C(=O)O)CC1C. The van der Waals surface area contributed by atoms with E-state index in [1.54, 1.807) is 4.90 Å². The topological polar surface area (TPSA) is 57.6 Å². The summed E-state index contributed by atoms with van der Waals surface area (Å²) in [6, 6.07) is -0.00773. The van der Waals surface area contributed by atoms with Crippen LogP contribution in [0.5, 0.6) is 0 Å². The highest BCUT2D eigenvalue weighted by Gasteiger charge is 2.33. The molecule has 0 radical (unpaired) electrons. The number of piperidine rings is 1. The largest absolute Gasteiger partial charge is 0.481 e. The lowest BCUT2D eigenvalue weighted by molar-refractivity contribution is -0.143. The van der Waals surface area contributed by atoms with Crippen LogP contribution in [0.4, 0.5) is 0 Å². The lowest BCUT2D eigenvalue weighted by atomic mass is 9.91. The number of carboxylic acid groups (broad SMARTS) is 1. The van der Waals surface area contributed by atoms with E-state index in [1.807, 2.05) is 24.6 Å². The lowest BCUT2D eigenvalue weighted by Crippen LogP contribution is -2.46. The number of nitrogens with zero attached hydrogens (tertiary/aromatic N) is 1. The molecule has 1 aliphatic heterocycles. The highest BCUT2D eigenvalue weighted by atomic mass is 32.1. The van der Waals surface area contributed by atoms with Gasteiger partial charge < -0.3 is 10.0 Å². The minimum absolute atomic E-state index is 0.00773. The van der Waals surface area contributed by atoms with Crippen molar-refractivity contribution in [1.29, 1.82) is 0 Å². The monoisotopic (exact) mass is 267 g/mol. The summed E-state index contributed by atoms with van der Waals surface area (Å²) in [5.41, 5.74) is 1.75. The van der Waals surface area contributed by atoms with Crippen LogP contribution in [0.25, 0.3) is 0 Å². The number of amides is 1. The van der Waals surface area contributed by atoms with Crippen LogP contribution < -0.4 is 0 Å². The van der Waals surface area contributed by atoms with Crippen LogP contribution in [-0.2, 0) is 4.79 Å². The van der Waals surface area contributed by atoms with E-state index >= 15 is 0 Å². The molecule has 0 spiro atoms. The Morgan fingerprint density at radius 3 is 2.67 bits per heavy atom. The van der Waals surface area contributed by atoms with E-state index in [0.29, 0.717) is 19.4 Å². The molecule has 0 aliphatic carbocycles. The summed E-state index contributed by atoms with van der Waals surface area (Å²) in [7, 11) is 0. The van der Waals surface area contributed by atoms with Gasteiger partial charge >= 0.3 is 5.97 Å². The molecule has 0 saturated carbocycles. The summed E-state index contributed by atoms with van der Waals surface area (Å²) in [5.74, 6) is -1.03. The molecule has 1 saturated heterocycles. The standard InChI is InChI=1S/C13H17NO3S/c1-8-6-18-7-11(8)12(15)14-4-3-10(13(16)17)5-9(14)2/h6-7,9-10H,3-5H2,1-2H3,(H,16,17). The number of rotatable bonds is 2. The predicted molar refractivity (Wildman–Crippen MR) is 69.9 cm³/mol. The van der Waals surface area contributed by atoms with Crippen molar-refractivity contribution in [3.05, 3.63) is 21.9 Å². The van der Waals surface area contributed by atoms with Gasteiger partial charge in [0.15, 0.2) is 0 Å². The average Bonchev–Trinajstić information content (AvgIpc) is 2.74. The molecule has 0 bridgehead atoms.